The second kappa shape index (κ2) is 8.86. The highest BCUT2D eigenvalue weighted by atomic mass is 16.2. The van der Waals surface area contributed by atoms with Crippen molar-refractivity contribution >= 4 is 11.7 Å². The summed E-state index contributed by atoms with van der Waals surface area (Å²) < 4.78 is 2.04. The molecule has 1 atom stereocenters. The number of carbonyl (C=O) groups is 2. The van der Waals surface area contributed by atoms with Crippen molar-refractivity contribution in [2.24, 2.45) is 0 Å². The van der Waals surface area contributed by atoms with Crippen LogP contribution < -0.4 is 5.32 Å². The number of carbonyl (C=O) groups excluding carboxylic acids is 2. The highest BCUT2D eigenvalue weighted by Gasteiger charge is 2.25. The number of benzene rings is 2. The number of Topliss-reactive ketones (excluding diaryl/α,β-unsaturated/α-hetero) is 1. The Morgan fingerprint density at radius 3 is 2.48 bits per heavy atom. The molecule has 0 spiro atoms. The molecule has 0 aliphatic heterocycles. The van der Waals surface area contributed by atoms with Gasteiger partial charge in [-0.1, -0.05) is 60.7 Å². The lowest BCUT2D eigenvalue weighted by molar-refractivity contribution is -0.121. The maximum absolute atomic E-state index is 12.5. The molecule has 0 saturated carbocycles. The molecular weight excluding hydrogens is 362 g/mol. The van der Waals surface area contributed by atoms with E-state index in [1.165, 1.54) is 11.3 Å². The van der Waals surface area contributed by atoms with E-state index in [1.807, 2.05) is 47.3 Å². The zero-order valence-corrected chi connectivity index (χ0v) is 16.4. The molecule has 3 aromatic rings. The van der Waals surface area contributed by atoms with Crippen LogP contribution in [0.1, 0.15) is 58.9 Å². The Morgan fingerprint density at radius 1 is 1.00 bits per heavy atom. The fraction of sp³-hybridized carbons (Fsp3) is 0.292. The Bertz CT molecular complexity index is 980. The second-order valence-corrected chi connectivity index (χ2v) is 7.49. The molecule has 5 heteroatoms. The molecule has 0 radical (unpaired) electrons. The molecule has 148 valence electrons. The maximum Gasteiger partial charge on any atom is 0.220 e. The maximum atomic E-state index is 12.5. The lowest BCUT2D eigenvalue weighted by Gasteiger charge is -2.24. The third-order valence-corrected chi connectivity index (χ3v) is 5.45. The SMILES string of the molecule is O=C(CCC(=O)c1ccccc1)NC1CCCc2c1cnn2Cc1ccccc1. The van der Waals surface area contributed by atoms with Crippen LogP contribution in [0, 0.1) is 0 Å². The molecule has 1 aromatic heterocycles. The molecule has 0 bridgehead atoms. The molecule has 1 aliphatic carbocycles. The number of fused-ring (bicyclic) bond motifs is 1. The van der Waals surface area contributed by atoms with Gasteiger partial charge in [-0.3, -0.25) is 14.3 Å². The molecule has 0 saturated heterocycles. The number of nitrogens with zero attached hydrogens (tertiary/aromatic N) is 2. The Kier molecular flexibility index (Phi) is 5.84. The number of hydrogen-bond acceptors (Lipinski definition) is 3. The van der Waals surface area contributed by atoms with Gasteiger partial charge < -0.3 is 5.32 Å². The largest absolute Gasteiger partial charge is 0.349 e. The van der Waals surface area contributed by atoms with Crippen LogP contribution in [-0.2, 0) is 17.8 Å². The Labute approximate surface area is 170 Å². The minimum absolute atomic E-state index is 0.000707. The average molecular weight is 387 g/mol. The summed E-state index contributed by atoms with van der Waals surface area (Å²) in [5.74, 6) is -0.0799. The summed E-state index contributed by atoms with van der Waals surface area (Å²) in [5.41, 5.74) is 4.17. The summed E-state index contributed by atoms with van der Waals surface area (Å²) in [6.07, 6.45) is 5.21. The topological polar surface area (TPSA) is 64.0 Å². The van der Waals surface area contributed by atoms with Crippen molar-refractivity contribution in [1.82, 2.24) is 15.1 Å². The number of nitrogens with one attached hydrogen (secondary N) is 1. The van der Waals surface area contributed by atoms with Crippen molar-refractivity contribution < 1.29 is 9.59 Å². The first-order chi connectivity index (χ1) is 14.2. The van der Waals surface area contributed by atoms with Gasteiger partial charge in [0.2, 0.25) is 5.91 Å². The van der Waals surface area contributed by atoms with Crippen LogP contribution >= 0.6 is 0 Å². The fourth-order valence-electron chi connectivity index (χ4n) is 3.92. The molecule has 2 aromatic carbocycles. The van der Waals surface area contributed by atoms with Crippen molar-refractivity contribution in [1.29, 1.82) is 0 Å². The van der Waals surface area contributed by atoms with Crippen LogP contribution in [-0.4, -0.2) is 21.5 Å². The minimum atomic E-state index is -0.0806. The zero-order valence-electron chi connectivity index (χ0n) is 16.4. The van der Waals surface area contributed by atoms with E-state index in [9.17, 15) is 9.59 Å². The van der Waals surface area contributed by atoms with Crippen molar-refractivity contribution in [3.63, 3.8) is 0 Å². The van der Waals surface area contributed by atoms with Crippen LogP contribution in [0.4, 0.5) is 0 Å². The first-order valence-corrected chi connectivity index (χ1v) is 10.2. The molecule has 1 N–H and O–H groups in total. The molecule has 29 heavy (non-hydrogen) atoms. The highest BCUT2D eigenvalue weighted by Crippen LogP contribution is 2.30. The smallest absolute Gasteiger partial charge is 0.220 e. The number of rotatable bonds is 7. The predicted molar refractivity (Wildman–Crippen MR) is 112 cm³/mol. The molecule has 1 aliphatic rings. The van der Waals surface area contributed by atoms with Gasteiger partial charge in [-0.25, -0.2) is 0 Å². The van der Waals surface area contributed by atoms with Gasteiger partial charge >= 0.3 is 0 Å². The van der Waals surface area contributed by atoms with Crippen molar-refractivity contribution in [2.45, 2.75) is 44.7 Å². The van der Waals surface area contributed by atoms with Crippen LogP contribution in [0.15, 0.2) is 66.9 Å². The molecule has 0 fully saturated rings. The molecule has 1 heterocycles. The van der Waals surface area contributed by atoms with Gasteiger partial charge in [0.25, 0.3) is 0 Å². The molecule has 5 nitrogen and oxygen atoms in total. The van der Waals surface area contributed by atoms with E-state index in [0.717, 1.165) is 31.4 Å². The fourth-order valence-corrected chi connectivity index (χ4v) is 3.92. The van der Waals surface area contributed by atoms with Crippen LogP contribution in [0.5, 0.6) is 0 Å². The van der Waals surface area contributed by atoms with Gasteiger partial charge in [-0.15, -0.1) is 0 Å². The molecule has 1 unspecified atom stereocenters. The monoisotopic (exact) mass is 387 g/mol. The normalized spacial score (nSPS) is 15.5. The van der Waals surface area contributed by atoms with E-state index >= 15 is 0 Å². The zero-order chi connectivity index (χ0) is 20.1. The lowest BCUT2D eigenvalue weighted by atomic mass is 9.92. The molecular formula is C24H25N3O2. The number of ketones is 1. The van der Waals surface area contributed by atoms with Crippen LogP contribution in [0.3, 0.4) is 0 Å². The Morgan fingerprint density at radius 2 is 1.72 bits per heavy atom. The predicted octanol–water partition coefficient (Wildman–Crippen LogP) is 4.09. The standard InChI is InChI=1S/C24H25N3O2/c28-23(19-10-5-2-6-11-19)14-15-24(29)26-21-12-7-13-22-20(21)16-25-27(22)17-18-8-3-1-4-9-18/h1-6,8-11,16,21H,7,12-15,17H2,(H,26,29). The van der Waals surface area contributed by atoms with E-state index < -0.39 is 0 Å². The van der Waals surface area contributed by atoms with Crippen LogP contribution in [0.25, 0.3) is 0 Å². The lowest BCUT2D eigenvalue weighted by Crippen LogP contribution is -2.31. The van der Waals surface area contributed by atoms with E-state index in [-0.39, 0.29) is 30.6 Å². The summed E-state index contributed by atoms with van der Waals surface area (Å²) >= 11 is 0. The van der Waals surface area contributed by atoms with Crippen molar-refractivity contribution in [2.75, 3.05) is 0 Å². The summed E-state index contributed by atoms with van der Waals surface area (Å²) in [4.78, 5) is 24.7. The average Bonchev–Trinajstić information content (AvgIpc) is 3.17. The minimum Gasteiger partial charge on any atom is -0.349 e. The second-order valence-electron chi connectivity index (χ2n) is 7.49. The number of amides is 1. The Balaban J connectivity index is 1.37. The summed E-state index contributed by atoms with van der Waals surface area (Å²) in [5, 5.41) is 7.69. The number of aromatic nitrogens is 2. The molecule has 4 rings (SSSR count). The molecule has 1 amide bonds. The van der Waals surface area contributed by atoms with E-state index in [0.29, 0.717) is 5.56 Å². The van der Waals surface area contributed by atoms with Gasteiger partial charge in [0.05, 0.1) is 18.8 Å². The van der Waals surface area contributed by atoms with Gasteiger partial charge in [0, 0.05) is 29.7 Å². The summed E-state index contributed by atoms with van der Waals surface area (Å²) in [7, 11) is 0. The third kappa shape index (κ3) is 4.62. The van der Waals surface area contributed by atoms with E-state index in [4.69, 9.17) is 0 Å². The first kappa shape index (κ1) is 19.1. The van der Waals surface area contributed by atoms with Gasteiger partial charge in [-0.05, 0) is 24.8 Å². The van der Waals surface area contributed by atoms with Gasteiger partial charge in [0.1, 0.15) is 0 Å². The van der Waals surface area contributed by atoms with E-state index in [2.05, 4.69) is 22.5 Å². The van der Waals surface area contributed by atoms with Crippen molar-refractivity contribution in [3.05, 3.63) is 89.2 Å². The van der Waals surface area contributed by atoms with Crippen molar-refractivity contribution in [3.8, 4) is 0 Å². The van der Waals surface area contributed by atoms with E-state index in [1.54, 1.807) is 12.1 Å². The summed E-state index contributed by atoms with van der Waals surface area (Å²) in [6.45, 7) is 0.739. The summed E-state index contributed by atoms with van der Waals surface area (Å²) in [6, 6.07) is 19.4. The Hall–Kier alpha value is -3.21. The van der Waals surface area contributed by atoms with Gasteiger partial charge in [-0.2, -0.15) is 5.10 Å². The quantitative estimate of drug-likeness (QED) is 0.621. The van der Waals surface area contributed by atoms with Gasteiger partial charge in [0.15, 0.2) is 5.78 Å². The van der Waals surface area contributed by atoms with Crippen LogP contribution in [0.2, 0.25) is 0 Å². The third-order valence-electron chi connectivity index (χ3n) is 5.45. The first-order valence-electron chi connectivity index (χ1n) is 10.2. The highest BCUT2D eigenvalue weighted by molar-refractivity contribution is 5.97. The number of hydrogen-bond donors (Lipinski definition) is 1.